The highest BCUT2D eigenvalue weighted by molar-refractivity contribution is 7.12. The van der Waals surface area contributed by atoms with Gasteiger partial charge in [0.2, 0.25) is 0 Å². The van der Waals surface area contributed by atoms with Crippen molar-refractivity contribution < 1.29 is 4.79 Å². The van der Waals surface area contributed by atoms with Gasteiger partial charge in [-0.1, -0.05) is 29.0 Å². The molecule has 0 aliphatic carbocycles. The second-order valence-corrected chi connectivity index (χ2v) is 5.01. The minimum atomic E-state index is -0.299. The van der Waals surface area contributed by atoms with Gasteiger partial charge in [0.05, 0.1) is 15.6 Å². The molecule has 0 spiro atoms. The molecule has 20 heavy (non-hydrogen) atoms. The molecule has 0 atom stereocenters. The predicted octanol–water partition coefficient (Wildman–Crippen LogP) is 3.31. The van der Waals surface area contributed by atoms with E-state index in [0.717, 1.165) is 0 Å². The third-order valence-electron chi connectivity index (χ3n) is 2.41. The number of nitrogens with one attached hydrogen (secondary N) is 2. The lowest BCUT2D eigenvalue weighted by molar-refractivity contribution is 0.103. The molecule has 2 rings (SSSR count). The Labute approximate surface area is 123 Å². The van der Waals surface area contributed by atoms with E-state index in [1.165, 1.54) is 11.3 Å². The molecule has 8 heteroatoms. The van der Waals surface area contributed by atoms with Crippen LogP contribution in [0.4, 0.5) is 5.69 Å². The molecule has 1 aromatic carbocycles. The smallest absolute Gasteiger partial charge is 0.265 e. The molecule has 1 amide bonds. The maximum atomic E-state index is 12.1. The van der Waals surface area contributed by atoms with Crippen molar-refractivity contribution in [2.45, 2.75) is 0 Å². The van der Waals surface area contributed by atoms with E-state index in [0.29, 0.717) is 21.2 Å². The van der Waals surface area contributed by atoms with Gasteiger partial charge in [-0.25, -0.2) is 0 Å². The van der Waals surface area contributed by atoms with E-state index < -0.39 is 0 Å². The second-order valence-electron chi connectivity index (χ2n) is 3.66. The third kappa shape index (κ3) is 3.01. The number of halogens is 1. The fraction of sp³-hybridized carbons (Fsp3) is 0. The monoisotopic (exact) mass is 307 g/mol. The lowest BCUT2D eigenvalue weighted by atomic mass is 10.1. The quantitative estimate of drug-likeness (QED) is 0.266. The summed E-state index contributed by atoms with van der Waals surface area (Å²) in [5.41, 5.74) is 0.654. The summed E-state index contributed by atoms with van der Waals surface area (Å²) in [6, 6.07) is 8.34. The number of hydrogen-bond acceptors (Lipinski definition) is 4. The average Bonchev–Trinajstić information content (AvgIpc) is 2.95. The summed E-state index contributed by atoms with van der Waals surface area (Å²) in [4.78, 5) is 12.6. The minimum Gasteiger partial charge on any atom is -0.319 e. The Morgan fingerprint density at radius 3 is 2.80 bits per heavy atom. The molecule has 0 bridgehead atoms. The number of amides is 1. The Hall–Kier alpha value is -2.25. The predicted molar refractivity (Wildman–Crippen MR) is 79.6 cm³/mol. The molecule has 0 aliphatic heterocycles. The number of carbonyl (C=O) groups excluding carboxylic acids is 1. The maximum absolute atomic E-state index is 12.1. The van der Waals surface area contributed by atoms with Crippen LogP contribution in [-0.2, 0) is 0 Å². The van der Waals surface area contributed by atoms with Gasteiger partial charge < -0.3 is 11.2 Å². The van der Waals surface area contributed by atoms with Gasteiger partial charge in [-0.15, -0.1) is 16.5 Å². The average molecular weight is 308 g/mol. The van der Waals surface area contributed by atoms with Crippen molar-refractivity contribution in [3.05, 3.63) is 51.2 Å². The van der Waals surface area contributed by atoms with Crippen LogP contribution in [0.25, 0.3) is 0 Å². The summed E-state index contributed by atoms with van der Waals surface area (Å²) < 4.78 is 0. The van der Waals surface area contributed by atoms with E-state index in [1.54, 1.807) is 35.7 Å². The van der Waals surface area contributed by atoms with Crippen molar-refractivity contribution in [1.82, 2.24) is 0 Å². The summed E-state index contributed by atoms with van der Waals surface area (Å²) in [7, 11) is 0. The lowest BCUT2D eigenvalue weighted by Gasteiger charge is -2.10. The highest BCUT2D eigenvalue weighted by Gasteiger charge is 2.15. The number of rotatable bonds is 3. The molecule has 1 heterocycles. The molecular formula is C12H10ClN5OS. The highest BCUT2D eigenvalue weighted by Crippen LogP contribution is 2.27. The molecule has 102 valence electrons. The molecular weight excluding hydrogens is 298 g/mol. The number of thiophene rings is 1. The van der Waals surface area contributed by atoms with Crippen LogP contribution in [0.3, 0.4) is 0 Å². The van der Waals surface area contributed by atoms with Gasteiger partial charge in [0.25, 0.3) is 5.91 Å². The Morgan fingerprint density at radius 2 is 2.15 bits per heavy atom. The number of amidine groups is 1. The normalized spacial score (nSPS) is 10.7. The van der Waals surface area contributed by atoms with Gasteiger partial charge in [0, 0.05) is 5.56 Å². The van der Waals surface area contributed by atoms with Crippen LogP contribution < -0.4 is 11.2 Å². The van der Waals surface area contributed by atoms with Crippen molar-refractivity contribution in [2.24, 2.45) is 16.2 Å². The van der Waals surface area contributed by atoms with Crippen LogP contribution in [0.5, 0.6) is 0 Å². The number of nitrogens with zero attached hydrogens (tertiary/aromatic N) is 2. The van der Waals surface area contributed by atoms with Gasteiger partial charge in [0.1, 0.15) is 0 Å². The molecule has 6 nitrogen and oxygen atoms in total. The molecule has 0 aliphatic rings. The van der Waals surface area contributed by atoms with Crippen molar-refractivity contribution in [3.8, 4) is 0 Å². The SMILES string of the molecule is N=C(N=NN)c1cccc(Cl)c1NC(=O)c1cccs1. The second kappa shape index (κ2) is 6.27. The van der Waals surface area contributed by atoms with Crippen LogP contribution in [0.1, 0.15) is 15.2 Å². The third-order valence-corrected chi connectivity index (χ3v) is 3.59. The maximum Gasteiger partial charge on any atom is 0.265 e. The van der Waals surface area contributed by atoms with Gasteiger partial charge in [-0.2, -0.15) is 0 Å². The van der Waals surface area contributed by atoms with Crippen molar-refractivity contribution in [2.75, 3.05) is 5.32 Å². The topological polar surface area (TPSA) is 104 Å². The standard InChI is InChI=1S/C12H10ClN5OS/c13-8-4-1-3-7(11(14)17-18-15)10(8)16-12(19)9-5-2-6-20-9/h1-6H,(H,16,19)(H3,14,15,17). The summed E-state index contributed by atoms with van der Waals surface area (Å²) in [5, 5.41) is 19.0. The molecule has 4 N–H and O–H groups in total. The number of anilines is 1. The van der Waals surface area contributed by atoms with Crippen LogP contribution >= 0.6 is 22.9 Å². The Bertz CT molecular complexity index is 668. The number of para-hydroxylation sites is 1. The molecule has 0 saturated carbocycles. The zero-order chi connectivity index (χ0) is 14.5. The van der Waals surface area contributed by atoms with E-state index >= 15 is 0 Å². The first kappa shape index (κ1) is 14.2. The van der Waals surface area contributed by atoms with Gasteiger partial charge in [-0.05, 0) is 23.6 Å². The zero-order valence-corrected chi connectivity index (χ0v) is 11.7. The van der Waals surface area contributed by atoms with Gasteiger partial charge >= 0.3 is 0 Å². The number of hydrogen-bond donors (Lipinski definition) is 3. The van der Waals surface area contributed by atoms with Crippen LogP contribution in [0.2, 0.25) is 5.02 Å². The summed E-state index contributed by atoms with van der Waals surface area (Å²) in [6.07, 6.45) is 0. The lowest BCUT2D eigenvalue weighted by Crippen LogP contribution is -2.13. The number of carbonyl (C=O) groups is 1. The molecule has 2 aromatic rings. The van der Waals surface area contributed by atoms with Crippen LogP contribution in [0.15, 0.2) is 46.0 Å². The first-order valence-electron chi connectivity index (χ1n) is 5.46. The van der Waals surface area contributed by atoms with Crippen LogP contribution in [-0.4, -0.2) is 11.7 Å². The summed E-state index contributed by atoms with van der Waals surface area (Å²) in [6.45, 7) is 0. The van der Waals surface area contributed by atoms with Crippen molar-refractivity contribution >= 4 is 40.4 Å². The Morgan fingerprint density at radius 1 is 1.35 bits per heavy atom. The fourth-order valence-electron chi connectivity index (χ4n) is 1.54. The van der Waals surface area contributed by atoms with E-state index in [-0.39, 0.29) is 11.7 Å². The van der Waals surface area contributed by atoms with Crippen LogP contribution in [0, 0.1) is 5.41 Å². The molecule has 0 saturated heterocycles. The van der Waals surface area contributed by atoms with Crippen molar-refractivity contribution in [3.63, 3.8) is 0 Å². The van der Waals surface area contributed by atoms with Gasteiger partial charge in [-0.3, -0.25) is 10.2 Å². The largest absolute Gasteiger partial charge is 0.319 e. The molecule has 0 fully saturated rings. The Balaban J connectivity index is 2.35. The zero-order valence-electron chi connectivity index (χ0n) is 10.1. The molecule has 1 aromatic heterocycles. The summed E-state index contributed by atoms with van der Waals surface area (Å²) >= 11 is 7.38. The first-order chi connectivity index (χ1) is 9.63. The molecule has 0 radical (unpaired) electrons. The van der Waals surface area contributed by atoms with E-state index in [9.17, 15) is 4.79 Å². The van der Waals surface area contributed by atoms with E-state index in [2.05, 4.69) is 15.7 Å². The summed E-state index contributed by atoms with van der Waals surface area (Å²) in [5.74, 6) is 4.45. The highest BCUT2D eigenvalue weighted by atomic mass is 35.5. The Kier molecular flexibility index (Phi) is 4.44. The van der Waals surface area contributed by atoms with E-state index in [1.807, 2.05) is 0 Å². The number of benzene rings is 1. The van der Waals surface area contributed by atoms with Crippen molar-refractivity contribution in [1.29, 1.82) is 5.41 Å². The minimum absolute atomic E-state index is 0.184. The molecule has 0 unspecified atom stereocenters. The van der Waals surface area contributed by atoms with Gasteiger partial charge in [0.15, 0.2) is 5.84 Å². The van der Waals surface area contributed by atoms with E-state index in [4.69, 9.17) is 22.9 Å². The fourth-order valence-corrected chi connectivity index (χ4v) is 2.38. The first-order valence-corrected chi connectivity index (χ1v) is 6.72. The number of nitrogens with two attached hydrogens (primary N) is 1.